The summed E-state index contributed by atoms with van der Waals surface area (Å²) in [7, 11) is 0. The molecule has 0 bridgehead atoms. The van der Waals surface area contributed by atoms with E-state index in [4.69, 9.17) is 17.3 Å². The quantitative estimate of drug-likeness (QED) is 0.756. The van der Waals surface area contributed by atoms with Gasteiger partial charge in [-0.1, -0.05) is 0 Å². The van der Waals surface area contributed by atoms with E-state index in [1.807, 2.05) is 0 Å². The van der Waals surface area contributed by atoms with Crippen molar-refractivity contribution < 1.29 is 8.78 Å². The first kappa shape index (κ1) is 10.2. The lowest BCUT2D eigenvalue weighted by atomic mass is 10.1. The molecule has 5 heteroatoms. The Kier molecular flexibility index (Phi) is 3.03. The van der Waals surface area contributed by atoms with Crippen molar-refractivity contribution in [2.24, 2.45) is 0 Å². The monoisotopic (exact) mass is 206 g/mol. The number of hydrogen-bond donors (Lipinski definition) is 1. The molecule has 2 N–H and O–H groups in total. The molecule has 0 fully saturated rings. The number of nitrogen functional groups attached to an aromatic ring is 1. The topological polar surface area (TPSA) is 38.9 Å². The molecule has 0 spiro atoms. The van der Waals surface area contributed by atoms with Gasteiger partial charge in [0.1, 0.15) is 5.82 Å². The van der Waals surface area contributed by atoms with Crippen LogP contribution in [-0.2, 0) is 5.88 Å². The third-order valence-corrected chi connectivity index (χ3v) is 1.99. The number of anilines is 1. The number of nitrogens with two attached hydrogens (primary N) is 1. The maximum Gasteiger partial charge on any atom is 0.267 e. The van der Waals surface area contributed by atoms with Crippen molar-refractivity contribution in [3.63, 3.8) is 0 Å². The summed E-state index contributed by atoms with van der Waals surface area (Å²) in [4.78, 5) is 3.78. The summed E-state index contributed by atoms with van der Waals surface area (Å²) in [6, 6.07) is 1.32. The Bertz CT molecular complexity index is 315. The molecule has 0 radical (unpaired) electrons. The van der Waals surface area contributed by atoms with Gasteiger partial charge in [-0.25, -0.2) is 13.8 Å². The van der Waals surface area contributed by atoms with Crippen molar-refractivity contribution in [1.82, 2.24) is 4.98 Å². The van der Waals surface area contributed by atoms with Gasteiger partial charge in [0, 0.05) is 0 Å². The zero-order valence-corrected chi connectivity index (χ0v) is 7.78. The maximum atomic E-state index is 12.3. The van der Waals surface area contributed by atoms with Crippen LogP contribution in [0.5, 0.6) is 0 Å². The molecule has 13 heavy (non-hydrogen) atoms. The van der Waals surface area contributed by atoms with Crippen LogP contribution in [0.25, 0.3) is 0 Å². The van der Waals surface area contributed by atoms with Crippen molar-refractivity contribution in [1.29, 1.82) is 0 Å². The van der Waals surface area contributed by atoms with Crippen molar-refractivity contribution in [3.8, 4) is 0 Å². The van der Waals surface area contributed by atoms with Gasteiger partial charge in [-0.05, 0) is 18.6 Å². The van der Waals surface area contributed by atoms with E-state index >= 15 is 0 Å². The van der Waals surface area contributed by atoms with Crippen molar-refractivity contribution >= 4 is 17.4 Å². The standard InChI is InChI=1S/C8H9ClF2N2/c1-4-2-5(7(10)11)8(12)13-6(4)3-9/h2,7H,3H2,1H3,(H2,12,13). The molecular weight excluding hydrogens is 198 g/mol. The highest BCUT2D eigenvalue weighted by molar-refractivity contribution is 6.17. The van der Waals surface area contributed by atoms with Gasteiger partial charge in [0.05, 0.1) is 17.1 Å². The number of aryl methyl sites for hydroxylation is 1. The first-order chi connectivity index (χ1) is 6.06. The van der Waals surface area contributed by atoms with Gasteiger partial charge in [-0.15, -0.1) is 11.6 Å². The van der Waals surface area contributed by atoms with E-state index in [1.165, 1.54) is 6.07 Å². The lowest BCUT2D eigenvalue weighted by molar-refractivity contribution is 0.152. The lowest BCUT2D eigenvalue weighted by Crippen LogP contribution is -2.02. The van der Waals surface area contributed by atoms with Crippen LogP contribution in [0.15, 0.2) is 6.07 Å². The van der Waals surface area contributed by atoms with Crippen molar-refractivity contribution in [2.45, 2.75) is 19.2 Å². The minimum absolute atomic E-state index is 0.142. The molecule has 1 heterocycles. The first-order valence-corrected chi connectivity index (χ1v) is 4.19. The van der Waals surface area contributed by atoms with Crippen molar-refractivity contribution in [2.75, 3.05) is 5.73 Å². The lowest BCUT2D eigenvalue weighted by Gasteiger charge is -2.07. The molecule has 0 unspecified atom stereocenters. The zero-order valence-electron chi connectivity index (χ0n) is 7.02. The second-order valence-electron chi connectivity index (χ2n) is 2.66. The molecule has 0 saturated carbocycles. The molecule has 72 valence electrons. The van der Waals surface area contributed by atoms with Gasteiger partial charge >= 0.3 is 0 Å². The Morgan fingerprint density at radius 1 is 1.62 bits per heavy atom. The van der Waals surface area contributed by atoms with Gasteiger partial charge < -0.3 is 5.73 Å². The number of hydrogen-bond acceptors (Lipinski definition) is 2. The number of rotatable bonds is 2. The highest BCUT2D eigenvalue weighted by Gasteiger charge is 2.14. The summed E-state index contributed by atoms with van der Waals surface area (Å²) in [6.45, 7) is 1.68. The number of pyridine rings is 1. The van der Waals surface area contributed by atoms with E-state index in [-0.39, 0.29) is 17.3 Å². The fourth-order valence-electron chi connectivity index (χ4n) is 0.999. The first-order valence-electron chi connectivity index (χ1n) is 3.66. The third kappa shape index (κ3) is 2.06. The molecule has 0 atom stereocenters. The predicted octanol–water partition coefficient (Wildman–Crippen LogP) is 2.65. The highest BCUT2D eigenvalue weighted by Crippen LogP contribution is 2.25. The second-order valence-corrected chi connectivity index (χ2v) is 2.93. The maximum absolute atomic E-state index is 12.3. The van der Waals surface area contributed by atoms with Crippen LogP contribution in [0.1, 0.15) is 23.2 Å². The van der Waals surface area contributed by atoms with Crippen LogP contribution in [0.2, 0.25) is 0 Å². The number of nitrogens with zero attached hydrogens (tertiary/aromatic N) is 1. The Labute approximate surface area is 79.7 Å². The van der Waals surface area contributed by atoms with Crippen LogP contribution < -0.4 is 5.73 Å². The molecular formula is C8H9ClF2N2. The van der Waals surface area contributed by atoms with E-state index in [9.17, 15) is 8.78 Å². The van der Waals surface area contributed by atoms with Gasteiger partial charge in [0.2, 0.25) is 0 Å². The minimum Gasteiger partial charge on any atom is -0.383 e. The molecule has 0 amide bonds. The average Bonchev–Trinajstić information content (AvgIpc) is 2.07. The summed E-state index contributed by atoms with van der Waals surface area (Å²) in [5.74, 6) is 0.0377. The summed E-state index contributed by atoms with van der Waals surface area (Å²) in [5.41, 5.74) is 6.27. The summed E-state index contributed by atoms with van der Waals surface area (Å²) in [6.07, 6.45) is -2.59. The number of aromatic nitrogens is 1. The minimum atomic E-state index is -2.59. The Hall–Kier alpha value is -0.900. The van der Waals surface area contributed by atoms with Crippen LogP contribution in [-0.4, -0.2) is 4.98 Å². The summed E-state index contributed by atoms with van der Waals surface area (Å²) in [5, 5.41) is 0. The van der Waals surface area contributed by atoms with Crippen LogP contribution >= 0.6 is 11.6 Å². The van der Waals surface area contributed by atoms with Gasteiger partial charge in [0.25, 0.3) is 6.43 Å². The molecule has 1 aromatic heterocycles. The van der Waals surface area contributed by atoms with E-state index in [1.54, 1.807) is 6.92 Å². The Morgan fingerprint density at radius 2 is 2.23 bits per heavy atom. The van der Waals surface area contributed by atoms with Gasteiger partial charge in [0.15, 0.2) is 0 Å². The van der Waals surface area contributed by atoms with Crippen molar-refractivity contribution in [3.05, 3.63) is 22.9 Å². The molecule has 0 aliphatic carbocycles. The SMILES string of the molecule is Cc1cc(C(F)F)c(N)nc1CCl. The van der Waals surface area contributed by atoms with E-state index in [0.717, 1.165) is 0 Å². The third-order valence-electron chi connectivity index (χ3n) is 1.74. The molecule has 0 aliphatic rings. The van der Waals surface area contributed by atoms with Crippen LogP contribution in [0, 0.1) is 6.92 Å². The second kappa shape index (κ2) is 3.87. The van der Waals surface area contributed by atoms with E-state index in [0.29, 0.717) is 11.3 Å². The normalized spacial score (nSPS) is 10.8. The smallest absolute Gasteiger partial charge is 0.267 e. The fourth-order valence-corrected chi connectivity index (χ4v) is 1.27. The molecule has 2 nitrogen and oxygen atoms in total. The molecule has 1 rings (SSSR count). The van der Waals surface area contributed by atoms with E-state index in [2.05, 4.69) is 4.98 Å². The molecule has 1 aromatic rings. The average molecular weight is 207 g/mol. The predicted molar refractivity (Wildman–Crippen MR) is 47.9 cm³/mol. The molecule has 0 aliphatic heterocycles. The summed E-state index contributed by atoms with van der Waals surface area (Å²) < 4.78 is 24.6. The Balaban J connectivity index is 3.20. The fraction of sp³-hybridized carbons (Fsp3) is 0.375. The molecule has 0 aromatic carbocycles. The number of halogens is 3. The largest absolute Gasteiger partial charge is 0.383 e. The van der Waals surface area contributed by atoms with Crippen LogP contribution in [0.3, 0.4) is 0 Å². The highest BCUT2D eigenvalue weighted by atomic mass is 35.5. The summed E-state index contributed by atoms with van der Waals surface area (Å²) >= 11 is 5.53. The Morgan fingerprint density at radius 3 is 2.69 bits per heavy atom. The number of alkyl halides is 3. The van der Waals surface area contributed by atoms with Crippen LogP contribution in [0.4, 0.5) is 14.6 Å². The van der Waals surface area contributed by atoms with E-state index < -0.39 is 6.43 Å². The van der Waals surface area contributed by atoms with Gasteiger partial charge in [-0.2, -0.15) is 0 Å². The van der Waals surface area contributed by atoms with Gasteiger partial charge in [-0.3, -0.25) is 0 Å². The molecule has 0 saturated heterocycles. The zero-order chi connectivity index (χ0) is 10.0.